The van der Waals surface area contributed by atoms with Crippen molar-refractivity contribution in [3.05, 3.63) is 39.4 Å². The number of nitrogens with one attached hydrogen (secondary N) is 1. The SMILES string of the molecule is CCC(CCO)NC(=O)c1ccc(C)c([N+](=O)[O-])c1. The highest BCUT2D eigenvalue weighted by atomic mass is 16.6. The third-order valence-corrected chi connectivity index (χ3v) is 2.97. The molecule has 0 saturated heterocycles. The fraction of sp³-hybridized carbons (Fsp3) is 0.462. The van der Waals surface area contributed by atoms with E-state index in [0.717, 1.165) is 0 Å². The Kier molecular flexibility index (Phi) is 5.44. The molecule has 0 spiro atoms. The van der Waals surface area contributed by atoms with Crippen LogP contribution >= 0.6 is 0 Å². The fourth-order valence-corrected chi connectivity index (χ4v) is 1.75. The molecule has 104 valence electrons. The number of nitro benzene ring substituents is 1. The minimum absolute atomic E-state index is 0.00711. The number of aryl methyl sites for hydroxylation is 1. The zero-order valence-electron chi connectivity index (χ0n) is 11.0. The standard InChI is InChI=1S/C13H18N2O4/c1-3-11(6-7-16)14-13(17)10-5-4-9(2)12(8-10)15(18)19/h4-5,8,11,16H,3,6-7H2,1-2H3,(H,14,17). The van der Waals surface area contributed by atoms with Crippen molar-refractivity contribution in [1.29, 1.82) is 0 Å². The van der Waals surface area contributed by atoms with Crippen molar-refractivity contribution in [2.75, 3.05) is 6.61 Å². The molecule has 1 amide bonds. The normalized spacial score (nSPS) is 11.9. The van der Waals surface area contributed by atoms with Crippen LogP contribution in [0.5, 0.6) is 0 Å². The van der Waals surface area contributed by atoms with Gasteiger partial charge in [0.05, 0.1) is 4.92 Å². The molecule has 0 aliphatic carbocycles. The lowest BCUT2D eigenvalue weighted by Gasteiger charge is -2.15. The number of nitrogens with zero attached hydrogens (tertiary/aromatic N) is 1. The minimum Gasteiger partial charge on any atom is -0.396 e. The van der Waals surface area contributed by atoms with Crippen LogP contribution in [0.25, 0.3) is 0 Å². The molecule has 6 nitrogen and oxygen atoms in total. The van der Waals surface area contributed by atoms with Gasteiger partial charge < -0.3 is 10.4 Å². The van der Waals surface area contributed by atoms with Gasteiger partial charge in [-0.25, -0.2) is 0 Å². The smallest absolute Gasteiger partial charge is 0.273 e. The number of hydrogen-bond donors (Lipinski definition) is 2. The molecule has 0 saturated carbocycles. The van der Waals surface area contributed by atoms with E-state index in [4.69, 9.17) is 5.11 Å². The van der Waals surface area contributed by atoms with Gasteiger partial charge >= 0.3 is 0 Å². The van der Waals surface area contributed by atoms with Gasteiger partial charge in [-0.05, 0) is 25.8 Å². The van der Waals surface area contributed by atoms with E-state index in [1.807, 2.05) is 6.92 Å². The van der Waals surface area contributed by atoms with Gasteiger partial charge in [-0.15, -0.1) is 0 Å². The van der Waals surface area contributed by atoms with Crippen LogP contribution in [0.3, 0.4) is 0 Å². The predicted octanol–water partition coefficient (Wildman–Crippen LogP) is 1.79. The molecule has 1 unspecified atom stereocenters. The van der Waals surface area contributed by atoms with E-state index in [-0.39, 0.29) is 29.8 Å². The van der Waals surface area contributed by atoms with Gasteiger partial charge in [-0.2, -0.15) is 0 Å². The van der Waals surface area contributed by atoms with Crippen LogP contribution in [0, 0.1) is 17.0 Å². The Morgan fingerprint density at radius 2 is 2.21 bits per heavy atom. The van der Waals surface area contributed by atoms with Crippen molar-refractivity contribution in [3.63, 3.8) is 0 Å². The van der Waals surface area contributed by atoms with Crippen molar-refractivity contribution in [1.82, 2.24) is 5.32 Å². The van der Waals surface area contributed by atoms with E-state index in [0.29, 0.717) is 18.4 Å². The third kappa shape index (κ3) is 4.03. The van der Waals surface area contributed by atoms with Crippen molar-refractivity contribution in [2.24, 2.45) is 0 Å². The van der Waals surface area contributed by atoms with Crippen molar-refractivity contribution < 1.29 is 14.8 Å². The molecule has 0 aliphatic heterocycles. The Labute approximate surface area is 111 Å². The lowest BCUT2D eigenvalue weighted by Crippen LogP contribution is -2.35. The van der Waals surface area contributed by atoms with E-state index < -0.39 is 4.92 Å². The number of carbonyl (C=O) groups is 1. The highest BCUT2D eigenvalue weighted by Gasteiger charge is 2.16. The first-order valence-electron chi connectivity index (χ1n) is 6.16. The van der Waals surface area contributed by atoms with Crippen molar-refractivity contribution >= 4 is 11.6 Å². The van der Waals surface area contributed by atoms with Crippen LogP contribution in [0.15, 0.2) is 18.2 Å². The average molecular weight is 266 g/mol. The number of carbonyl (C=O) groups excluding carboxylic acids is 1. The van der Waals surface area contributed by atoms with Crippen LogP contribution in [-0.2, 0) is 0 Å². The molecule has 2 N–H and O–H groups in total. The third-order valence-electron chi connectivity index (χ3n) is 2.97. The number of rotatable bonds is 6. The second-order valence-electron chi connectivity index (χ2n) is 4.35. The quantitative estimate of drug-likeness (QED) is 0.606. The molecule has 19 heavy (non-hydrogen) atoms. The molecule has 0 fully saturated rings. The summed E-state index contributed by atoms with van der Waals surface area (Å²) >= 11 is 0. The van der Waals surface area contributed by atoms with Gasteiger partial charge in [-0.3, -0.25) is 14.9 Å². The van der Waals surface area contributed by atoms with Gasteiger partial charge in [0.1, 0.15) is 0 Å². The largest absolute Gasteiger partial charge is 0.396 e. The molecule has 1 aromatic carbocycles. The maximum absolute atomic E-state index is 12.0. The Bertz CT molecular complexity index is 474. The molecule has 6 heteroatoms. The number of aliphatic hydroxyl groups is 1. The van der Waals surface area contributed by atoms with Crippen LogP contribution in [0.4, 0.5) is 5.69 Å². The molecule has 0 aromatic heterocycles. The topological polar surface area (TPSA) is 92.5 Å². The molecular formula is C13H18N2O4. The summed E-state index contributed by atoms with van der Waals surface area (Å²) in [6, 6.07) is 4.26. The lowest BCUT2D eigenvalue weighted by molar-refractivity contribution is -0.385. The number of aliphatic hydroxyl groups excluding tert-OH is 1. The van der Waals surface area contributed by atoms with Gasteiger partial charge in [0.15, 0.2) is 0 Å². The maximum atomic E-state index is 12.0. The van der Waals surface area contributed by atoms with Crippen LogP contribution in [0.2, 0.25) is 0 Å². The average Bonchev–Trinajstić information content (AvgIpc) is 2.38. The highest BCUT2D eigenvalue weighted by Crippen LogP contribution is 2.19. The molecule has 1 rings (SSSR count). The number of amides is 1. The molecule has 0 heterocycles. The van der Waals surface area contributed by atoms with E-state index >= 15 is 0 Å². The Hall–Kier alpha value is -1.95. The lowest BCUT2D eigenvalue weighted by atomic mass is 10.1. The Balaban J connectivity index is 2.88. The van der Waals surface area contributed by atoms with E-state index in [9.17, 15) is 14.9 Å². The van der Waals surface area contributed by atoms with E-state index in [1.165, 1.54) is 6.07 Å². The monoisotopic (exact) mass is 266 g/mol. The zero-order valence-corrected chi connectivity index (χ0v) is 11.0. The fourth-order valence-electron chi connectivity index (χ4n) is 1.75. The molecule has 1 atom stereocenters. The second kappa shape index (κ2) is 6.84. The number of benzene rings is 1. The summed E-state index contributed by atoms with van der Waals surface area (Å²) in [6.07, 6.45) is 1.16. The van der Waals surface area contributed by atoms with Gasteiger partial charge in [0, 0.05) is 29.8 Å². The molecule has 0 radical (unpaired) electrons. The molecular weight excluding hydrogens is 248 g/mol. The summed E-state index contributed by atoms with van der Waals surface area (Å²) < 4.78 is 0. The first-order valence-corrected chi connectivity index (χ1v) is 6.16. The maximum Gasteiger partial charge on any atom is 0.273 e. The zero-order chi connectivity index (χ0) is 14.4. The molecule has 0 aliphatic rings. The Morgan fingerprint density at radius 1 is 1.53 bits per heavy atom. The summed E-state index contributed by atoms with van der Waals surface area (Å²) in [7, 11) is 0. The van der Waals surface area contributed by atoms with Gasteiger partial charge in [-0.1, -0.05) is 13.0 Å². The summed E-state index contributed by atoms with van der Waals surface area (Å²) in [5, 5.41) is 22.4. The number of nitro groups is 1. The number of hydrogen-bond acceptors (Lipinski definition) is 4. The first-order chi connectivity index (χ1) is 8.99. The van der Waals surface area contributed by atoms with Crippen molar-refractivity contribution in [2.45, 2.75) is 32.7 Å². The van der Waals surface area contributed by atoms with Gasteiger partial charge in [0.25, 0.3) is 11.6 Å². The van der Waals surface area contributed by atoms with Crippen LogP contribution in [-0.4, -0.2) is 28.6 Å². The van der Waals surface area contributed by atoms with Crippen LogP contribution < -0.4 is 5.32 Å². The van der Waals surface area contributed by atoms with E-state index in [2.05, 4.69) is 5.32 Å². The summed E-state index contributed by atoms with van der Waals surface area (Å²) in [5.41, 5.74) is 0.709. The predicted molar refractivity (Wildman–Crippen MR) is 71.1 cm³/mol. The molecule has 1 aromatic rings. The summed E-state index contributed by atoms with van der Waals surface area (Å²) in [6.45, 7) is 3.52. The molecule has 0 bridgehead atoms. The Morgan fingerprint density at radius 3 is 2.74 bits per heavy atom. The minimum atomic E-state index is -0.503. The second-order valence-corrected chi connectivity index (χ2v) is 4.35. The van der Waals surface area contributed by atoms with Crippen molar-refractivity contribution in [3.8, 4) is 0 Å². The first kappa shape index (κ1) is 15.1. The summed E-state index contributed by atoms with van der Waals surface area (Å²) in [4.78, 5) is 22.3. The summed E-state index contributed by atoms with van der Waals surface area (Å²) in [5.74, 6) is -0.358. The van der Waals surface area contributed by atoms with Gasteiger partial charge in [0.2, 0.25) is 0 Å². The van der Waals surface area contributed by atoms with E-state index in [1.54, 1.807) is 19.1 Å². The van der Waals surface area contributed by atoms with Crippen LogP contribution in [0.1, 0.15) is 35.7 Å². The highest BCUT2D eigenvalue weighted by molar-refractivity contribution is 5.95.